The molecule has 0 aliphatic carbocycles. The van der Waals surface area contributed by atoms with Crippen molar-refractivity contribution in [3.63, 3.8) is 0 Å². The van der Waals surface area contributed by atoms with Crippen LogP contribution in [0.3, 0.4) is 0 Å². The van der Waals surface area contributed by atoms with E-state index in [0.29, 0.717) is 0 Å². The molecule has 0 aliphatic heterocycles. The molecule has 2 N–H and O–H groups in total. The van der Waals surface area contributed by atoms with Crippen molar-refractivity contribution < 1.29 is 19.4 Å². The topological polar surface area (TPSA) is 75.6 Å². The van der Waals surface area contributed by atoms with E-state index < -0.39 is 30.4 Å². The number of carbonyl (C=O) groups is 2. The molecule has 0 heterocycles. The molecule has 1 atom stereocenters. The SMILES string of the molecule is COC(=O)[C@H](NC(=O)CO)C(c1ccccc1)c1ccccc1. The first-order chi connectivity index (χ1) is 11.2. The Bertz CT molecular complexity index is 603. The lowest BCUT2D eigenvalue weighted by Gasteiger charge is -2.26. The van der Waals surface area contributed by atoms with Gasteiger partial charge in [0.25, 0.3) is 0 Å². The number of aliphatic hydroxyl groups is 1. The van der Waals surface area contributed by atoms with Crippen LogP contribution in [0.25, 0.3) is 0 Å². The molecule has 2 rings (SSSR count). The number of hydrogen-bond acceptors (Lipinski definition) is 4. The predicted octanol–water partition coefficient (Wildman–Crippen LogP) is 1.47. The van der Waals surface area contributed by atoms with Crippen LogP contribution in [0.15, 0.2) is 60.7 Å². The number of hydrogen-bond donors (Lipinski definition) is 2. The standard InChI is InChI=1S/C18H19NO4/c1-23-18(22)17(19-15(21)12-20)16(13-8-4-2-5-9-13)14-10-6-3-7-11-14/h2-11,16-17,20H,12H2,1H3,(H,19,21)/t17-/m1/s1. The molecule has 2 aromatic rings. The zero-order valence-electron chi connectivity index (χ0n) is 12.8. The Hall–Kier alpha value is -2.66. The number of carbonyl (C=O) groups excluding carboxylic acids is 2. The second-order valence-electron chi connectivity index (χ2n) is 5.03. The number of esters is 1. The quantitative estimate of drug-likeness (QED) is 0.792. The predicted molar refractivity (Wildman–Crippen MR) is 85.8 cm³/mol. The van der Waals surface area contributed by atoms with Crippen LogP contribution in [0.2, 0.25) is 0 Å². The minimum Gasteiger partial charge on any atom is -0.467 e. The normalized spacial score (nSPS) is 11.8. The average molecular weight is 313 g/mol. The van der Waals surface area contributed by atoms with E-state index in [9.17, 15) is 9.59 Å². The lowest BCUT2D eigenvalue weighted by Crippen LogP contribution is -2.47. The largest absolute Gasteiger partial charge is 0.467 e. The van der Waals surface area contributed by atoms with Crippen molar-refractivity contribution in [2.24, 2.45) is 0 Å². The van der Waals surface area contributed by atoms with Crippen molar-refractivity contribution in [1.29, 1.82) is 0 Å². The lowest BCUT2D eigenvalue weighted by atomic mass is 9.85. The molecule has 0 radical (unpaired) electrons. The van der Waals surface area contributed by atoms with E-state index in [2.05, 4.69) is 5.32 Å². The van der Waals surface area contributed by atoms with Gasteiger partial charge in [-0.25, -0.2) is 4.79 Å². The maximum absolute atomic E-state index is 12.2. The monoisotopic (exact) mass is 313 g/mol. The fraction of sp³-hybridized carbons (Fsp3) is 0.222. The molecule has 0 aliphatic rings. The van der Waals surface area contributed by atoms with Crippen LogP contribution in [0.5, 0.6) is 0 Å². The number of aliphatic hydroxyl groups excluding tert-OH is 1. The Morgan fingerprint density at radius 2 is 1.48 bits per heavy atom. The van der Waals surface area contributed by atoms with Gasteiger partial charge in [-0.15, -0.1) is 0 Å². The summed E-state index contributed by atoms with van der Waals surface area (Å²) in [4.78, 5) is 23.9. The molecule has 5 nitrogen and oxygen atoms in total. The van der Waals surface area contributed by atoms with Crippen molar-refractivity contribution in [1.82, 2.24) is 5.32 Å². The fourth-order valence-corrected chi connectivity index (χ4v) is 2.52. The average Bonchev–Trinajstić information content (AvgIpc) is 2.62. The summed E-state index contributed by atoms with van der Waals surface area (Å²) in [5.74, 6) is -1.61. The minimum absolute atomic E-state index is 0.416. The first kappa shape index (κ1) is 16.7. The summed E-state index contributed by atoms with van der Waals surface area (Å²) >= 11 is 0. The van der Waals surface area contributed by atoms with Gasteiger partial charge in [0.2, 0.25) is 5.91 Å². The van der Waals surface area contributed by atoms with Crippen molar-refractivity contribution >= 4 is 11.9 Å². The first-order valence-electron chi connectivity index (χ1n) is 7.25. The molecule has 5 heteroatoms. The second kappa shape index (κ2) is 8.10. The molecule has 120 valence electrons. The molecular formula is C18H19NO4. The van der Waals surface area contributed by atoms with Crippen LogP contribution < -0.4 is 5.32 Å². The molecule has 0 saturated carbocycles. The van der Waals surface area contributed by atoms with Crippen LogP contribution in [-0.2, 0) is 14.3 Å². The van der Waals surface area contributed by atoms with E-state index in [1.807, 2.05) is 60.7 Å². The highest BCUT2D eigenvalue weighted by Gasteiger charge is 2.32. The maximum Gasteiger partial charge on any atom is 0.329 e. The zero-order valence-corrected chi connectivity index (χ0v) is 12.8. The molecule has 0 spiro atoms. The Morgan fingerprint density at radius 1 is 1.00 bits per heavy atom. The van der Waals surface area contributed by atoms with E-state index in [-0.39, 0.29) is 0 Å². The van der Waals surface area contributed by atoms with Crippen LogP contribution >= 0.6 is 0 Å². The van der Waals surface area contributed by atoms with Gasteiger partial charge in [0.05, 0.1) is 7.11 Å². The summed E-state index contributed by atoms with van der Waals surface area (Å²) in [5, 5.41) is 11.5. The highest BCUT2D eigenvalue weighted by molar-refractivity contribution is 5.86. The van der Waals surface area contributed by atoms with E-state index in [1.54, 1.807) is 0 Å². The molecule has 2 aromatic carbocycles. The summed E-state index contributed by atoms with van der Waals surface area (Å²) < 4.78 is 4.85. The first-order valence-corrected chi connectivity index (χ1v) is 7.25. The summed E-state index contributed by atoms with van der Waals surface area (Å²) in [6, 6.07) is 17.9. The second-order valence-corrected chi connectivity index (χ2v) is 5.03. The molecular weight excluding hydrogens is 294 g/mol. The van der Waals surface area contributed by atoms with Crippen molar-refractivity contribution in [3.8, 4) is 0 Å². The number of benzene rings is 2. The maximum atomic E-state index is 12.2. The van der Waals surface area contributed by atoms with Gasteiger partial charge in [-0.05, 0) is 11.1 Å². The van der Waals surface area contributed by atoms with Crippen molar-refractivity contribution in [2.75, 3.05) is 13.7 Å². The molecule has 0 aromatic heterocycles. The Kier molecular flexibility index (Phi) is 5.88. The van der Waals surface area contributed by atoms with Gasteiger partial charge in [0, 0.05) is 5.92 Å². The number of methoxy groups -OCH3 is 1. The third kappa shape index (κ3) is 4.17. The third-order valence-electron chi connectivity index (χ3n) is 3.57. The van der Waals surface area contributed by atoms with E-state index in [1.165, 1.54) is 7.11 Å². The third-order valence-corrected chi connectivity index (χ3v) is 3.57. The highest BCUT2D eigenvalue weighted by Crippen LogP contribution is 2.28. The molecule has 0 bridgehead atoms. The van der Waals surface area contributed by atoms with Gasteiger partial charge >= 0.3 is 5.97 Å². The van der Waals surface area contributed by atoms with Gasteiger partial charge in [-0.2, -0.15) is 0 Å². The molecule has 0 saturated heterocycles. The van der Waals surface area contributed by atoms with Crippen molar-refractivity contribution in [2.45, 2.75) is 12.0 Å². The van der Waals surface area contributed by atoms with E-state index >= 15 is 0 Å². The molecule has 0 unspecified atom stereocenters. The van der Waals surface area contributed by atoms with Crippen LogP contribution in [0, 0.1) is 0 Å². The van der Waals surface area contributed by atoms with Gasteiger partial charge < -0.3 is 15.2 Å². The number of ether oxygens (including phenoxy) is 1. The van der Waals surface area contributed by atoms with Crippen molar-refractivity contribution in [3.05, 3.63) is 71.8 Å². The van der Waals surface area contributed by atoms with Crippen LogP contribution in [0.4, 0.5) is 0 Å². The molecule has 0 fully saturated rings. The summed E-state index contributed by atoms with van der Waals surface area (Å²) in [7, 11) is 1.27. The minimum atomic E-state index is -0.926. The highest BCUT2D eigenvalue weighted by atomic mass is 16.5. The Balaban J connectivity index is 2.48. The van der Waals surface area contributed by atoms with E-state index in [4.69, 9.17) is 9.84 Å². The zero-order chi connectivity index (χ0) is 16.7. The number of amides is 1. The van der Waals surface area contributed by atoms with Gasteiger partial charge in [0.15, 0.2) is 0 Å². The number of rotatable bonds is 6. The smallest absolute Gasteiger partial charge is 0.329 e. The molecule has 23 heavy (non-hydrogen) atoms. The summed E-state index contributed by atoms with van der Waals surface area (Å²) in [5.41, 5.74) is 1.74. The Morgan fingerprint density at radius 3 is 1.87 bits per heavy atom. The Labute approximate surface area is 134 Å². The van der Waals surface area contributed by atoms with Gasteiger partial charge in [-0.3, -0.25) is 4.79 Å². The summed E-state index contributed by atoms with van der Waals surface area (Å²) in [6.07, 6.45) is 0. The summed E-state index contributed by atoms with van der Waals surface area (Å²) in [6.45, 7) is -0.691. The molecule has 1 amide bonds. The van der Waals surface area contributed by atoms with Gasteiger partial charge in [0.1, 0.15) is 12.6 Å². The van der Waals surface area contributed by atoms with Crippen LogP contribution in [-0.4, -0.2) is 36.7 Å². The van der Waals surface area contributed by atoms with Crippen LogP contribution in [0.1, 0.15) is 17.0 Å². The van der Waals surface area contributed by atoms with Gasteiger partial charge in [-0.1, -0.05) is 60.7 Å². The number of nitrogens with one attached hydrogen (secondary N) is 1. The lowest BCUT2D eigenvalue weighted by molar-refractivity contribution is -0.145. The fourth-order valence-electron chi connectivity index (χ4n) is 2.52. The van der Waals surface area contributed by atoms with E-state index in [0.717, 1.165) is 11.1 Å².